The van der Waals surface area contributed by atoms with Crippen molar-refractivity contribution in [1.29, 1.82) is 0 Å². The molecule has 1 N–H and O–H groups in total. The van der Waals surface area contributed by atoms with Gasteiger partial charge in [0.1, 0.15) is 5.75 Å². The van der Waals surface area contributed by atoms with Gasteiger partial charge >= 0.3 is 6.61 Å². The van der Waals surface area contributed by atoms with Crippen LogP contribution < -0.4 is 10.1 Å². The lowest BCUT2D eigenvalue weighted by molar-refractivity contribution is -0.126. The molecule has 2 aromatic rings. The summed E-state index contributed by atoms with van der Waals surface area (Å²) in [4.78, 5) is 26.8. The van der Waals surface area contributed by atoms with Gasteiger partial charge in [0.05, 0.1) is 0 Å². The average molecular weight is 481 g/mol. The summed E-state index contributed by atoms with van der Waals surface area (Å²) in [5, 5.41) is 2.93. The Kier molecular flexibility index (Phi) is 7.79. The molecule has 8 heteroatoms. The largest absolute Gasteiger partial charge is 0.435 e. The fourth-order valence-electron chi connectivity index (χ4n) is 3.43. The van der Waals surface area contributed by atoms with Crippen molar-refractivity contribution in [3.05, 3.63) is 64.1 Å². The minimum atomic E-state index is -2.84. The first-order valence-electron chi connectivity index (χ1n) is 9.78. The van der Waals surface area contributed by atoms with Crippen LogP contribution in [0.3, 0.4) is 0 Å². The van der Waals surface area contributed by atoms with E-state index in [9.17, 15) is 18.4 Å². The molecule has 1 aliphatic heterocycles. The Bertz CT molecular complexity index is 852. The number of likely N-dealkylation sites (tertiary alicyclic amines) is 1. The summed E-state index contributed by atoms with van der Waals surface area (Å²) in [5.41, 5.74) is 1.57. The highest BCUT2D eigenvalue weighted by molar-refractivity contribution is 9.10. The second kappa shape index (κ2) is 10.5. The maximum absolute atomic E-state index is 12.6. The molecule has 1 fully saturated rings. The molecule has 2 amide bonds. The molecule has 0 spiro atoms. The van der Waals surface area contributed by atoms with Gasteiger partial charge in [-0.2, -0.15) is 8.78 Å². The zero-order valence-corrected chi connectivity index (χ0v) is 17.9. The molecule has 0 bridgehead atoms. The van der Waals surface area contributed by atoms with Crippen LogP contribution in [0.25, 0.3) is 0 Å². The van der Waals surface area contributed by atoms with Gasteiger partial charge in [-0.05, 0) is 61.2 Å². The van der Waals surface area contributed by atoms with E-state index in [1.807, 2.05) is 12.1 Å². The minimum absolute atomic E-state index is 0.0107. The van der Waals surface area contributed by atoms with Gasteiger partial charge in [0.2, 0.25) is 5.91 Å². The smallest absolute Gasteiger partial charge is 0.387 e. The van der Waals surface area contributed by atoms with Gasteiger partial charge in [-0.15, -0.1) is 0 Å². The number of carbonyl (C=O) groups is 2. The van der Waals surface area contributed by atoms with E-state index in [0.717, 1.165) is 10.0 Å². The average Bonchev–Trinajstić information content (AvgIpc) is 2.75. The predicted molar refractivity (Wildman–Crippen MR) is 113 cm³/mol. The van der Waals surface area contributed by atoms with E-state index in [1.165, 1.54) is 12.1 Å². The Hall–Kier alpha value is -2.48. The highest BCUT2D eigenvalue weighted by atomic mass is 79.9. The number of benzene rings is 2. The molecule has 160 valence electrons. The van der Waals surface area contributed by atoms with Crippen LogP contribution in [0.4, 0.5) is 8.78 Å². The lowest BCUT2D eigenvalue weighted by Gasteiger charge is -2.31. The Morgan fingerprint density at radius 3 is 2.30 bits per heavy atom. The topological polar surface area (TPSA) is 58.6 Å². The summed E-state index contributed by atoms with van der Waals surface area (Å²) in [6.45, 7) is -1.27. The van der Waals surface area contributed by atoms with Crippen molar-refractivity contribution >= 4 is 27.7 Å². The highest BCUT2D eigenvalue weighted by Crippen LogP contribution is 2.20. The molecule has 5 nitrogen and oxygen atoms in total. The number of hydrogen-bond donors (Lipinski definition) is 1. The standard InChI is InChI=1S/C22H23BrF2N2O3/c23-18-5-3-17(4-6-18)21(29)27-13-10-16(11-14-27)20(28)26-12-9-15-1-7-19(8-2-15)30-22(24)25/h1-8,16,22H,9-14H2,(H,26,28). The third-order valence-corrected chi connectivity index (χ3v) is 5.63. The summed E-state index contributed by atoms with van der Waals surface area (Å²) in [7, 11) is 0. The molecule has 0 saturated carbocycles. The van der Waals surface area contributed by atoms with Gasteiger partial charge in [-0.3, -0.25) is 9.59 Å². The number of halogens is 3. The second-order valence-electron chi connectivity index (χ2n) is 7.14. The lowest BCUT2D eigenvalue weighted by Crippen LogP contribution is -2.43. The maximum Gasteiger partial charge on any atom is 0.387 e. The fourth-order valence-corrected chi connectivity index (χ4v) is 3.70. The minimum Gasteiger partial charge on any atom is -0.435 e. The molecule has 0 aliphatic carbocycles. The lowest BCUT2D eigenvalue weighted by atomic mass is 9.95. The molecule has 0 unspecified atom stereocenters. The number of amides is 2. The fraction of sp³-hybridized carbons (Fsp3) is 0.364. The van der Waals surface area contributed by atoms with Crippen molar-refractivity contribution in [2.24, 2.45) is 5.92 Å². The second-order valence-corrected chi connectivity index (χ2v) is 8.05. The first kappa shape index (κ1) is 22.2. The summed E-state index contributed by atoms with van der Waals surface area (Å²) in [6.07, 6.45) is 1.86. The number of ether oxygens (including phenoxy) is 1. The number of hydrogen-bond acceptors (Lipinski definition) is 3. The Balaban J connectivity index is 1.40. The van der Waals surface area contributed by atoms with Crippen LogP contribution in [0.15, 0.2) is 53.0 Å². The van der Waals surface area contributed by atoms with Crippen molar-refractivity contribution in [2.45, 2.75) is 25.9 Å². The number of alkyl halides is 2. The molecule has 0 radical (unpaired) electrons. The van der Waals surface area contributed by atoms with E-state index in [4.69, 9.17) is 0 Å². The Morgan fingerprint density at radius 2 is 1.70 bits per heavy atom. The zero-order valence-electron chi connectivity index (χ0n) is 16.3. The van der Waals surface area contributed by atoms with Crippen LogP contribution in [-0.4, -0.2) is 43.0 Å². The van der Waals surface area contributed by atoms with Crippen LogP contribution in [0.5, 0.6) is 5.75 Å². The molecule has 0 atom stereocenters. The normalized spacial score (nSPS) is 14.6. The summed E-state index contributed by atoms with van der Waals surface area (Å²) in [6, 6.07) is 13.6. The summed E-state index contributed by atoms with van der Waals surface area (Å²) < 4.78 is 29.6. The SMILES string of the molecule is O=C(NCCc1ccc(OC(F)F)cc1)C1CCN(C(=O)c2ccc(Br)cc2)CC1. The molecule has 30 heavy (non-hydrogen) atoms. The molecule has 3 rings (SSSR count). The molecule has 1 saturated heterocycles. The monoisotopic (exact) mass is 480 g/mol. The molecular formula is C22H23BrF2N2O3. The van der Waals surface area contributed by atoms with E-state index < -0.39 is 6.61 Å². The number of nitrogens with one attached hydrogen (secondary N) is 1. The number of nitrogens with zero attached hydrogens (tertiary/aromatic N) is 1. The zero-order chi connectivity index (χ0) is 21.5. The van der Waals surface area contributed by atoms with Crippen molar-refractivity contribution in [2.75, 3.05) is 19.6 Å². The Labute approximate surface area is 182 Å². The van der Waals surface area contributed by atoms with E-state index in [-0.39, 0.29) is 23.5 Å². The van der Waals surface area contributed by atoms with Crippen molar-refractivity contribution < 1.29 is 23.1 Å². The first-order valence-corrected chi connectivity index (χ1v) is 10.6. The van der Waals surface area contributed by atoms with Crippen LogP contribution in [0.2, 0.25) is 0 Å². The number of carbonyl (C=O) groups excluding carboxylic acids is 2. The van der Waals surface area contributed by atoms with Gasteiger partial charge in [0.15, 0.2) is 0 Å². The van der Waals surface area contributed by atoms with Gasteiger partial charge in [0, 0.05) is 35.6 Å². The van der Waals surface area contributed by atoms with E-state index in [2.05, 4.69) is 26.0 Å². The van der Waals surface area contributed by atoms with E-state index >= 15 is 0 Å². The Morgan fingerprint density at radius 1 is 1.07 bits per heavy atom. The number of rotatable bonds is 7. The summed E-state index contributed by atoms with van der Waals surface area (Å²) in [5.74, 6) is -0.0213. The predicted octanol–water partition coefficient (Wildman–Crippen LogP) is 4.26. The molecular weight excluding hydrogens is 458 g/mol. The van der Waals surface area contributed by atoms with Crippen LogP contribution >= 0.6 is 15.9 Å². The van der Waals surface area contributed by atoms with E-state index in [1.54, 1.807) is 29.2 Å². The number of piperidine rings is 1. The quantitative estimate of drug-likeness (QED) is 0.643. The van der Waals surface area contributed by atoms with Gasteiger partial charge in [-0.1, -0.05) is 28.1 Å². The third kappa shape index (κ3) is 6.26. The van der Waals surface area contributed by atoms with Crippen molar-refractivity contribution in [3.63, 3.8) is 0 Å². The van der Waals surface area contributed by atoms with Crippen LogP contribution in [0, 0.1) is 5.92 Å². The molecule has 1 heterocycles. The first-order chi connectivity index (χ1) is 14.4. The maximum atomic E-state index is 12.6. The highest BCUT2D eigenvalue weighted by Gasteiger charge is 2.27. The van der Waals surface area contributed by atoms with Crippen LogP contribution in [0.1, 0.15) is 28.8 Å². The van der Waals surface area contributed by atoms with Gasteiger partial charge < -0.3 is 15.0 Å². The molecule has 2 aromatic carbocycles. The van der Waals surface area contributed by atoms with Gasteiger partial charge in [-0.25, -0.2) is 0 Å². The summed E-state index contributed by atoms with van der Waals surface area (Å²) >= 11 is 3.36. The third-order valence-electron chi connectivity index (χ3n) is 5.11. The van der Waals surface area contributed by atoms with Crippen molar-refractivity contribution in [1.82, 2.24) is 10.2 Å². The van der Waals surface area contributed by atoms with Gasteiger partial charge in [0.25, 0.3) is 5.91 Å². The van der Waals surface area contributed by atoms with Crippen molar-refractivity contribution in [3.8, 4) is 5.75 Å². The molecule has 1 aliphatic rings. The molecule has 0 aromatic heterocycles. The van der Waals surface area contributed by atoms with Crippen LogP contribution in [-0.2, 0) is 11.2 Å². The van der Waals surface area contributed by atoms with E-state index in [0.29, 0.717) is 44.5 Å².